The number of hydrogen-bond donors (Lipinski definition) is 3. The van der Waals surface area contributed by atoms with Crippen molar-refractivity contribution in [2.45, 2.75) is 45.6 Å². The molecular formula is C15H21NO3. The summed E-state index contributed by atoms with van der Waals surface area (Å²) in [6.07, 6.45) is 3.69. The average molecular weight is 263 g/mol. The van der Waals surface area contributed by atoms with Gasteiger partial charge in [-0.2, -0.15) is 0 Å². The fraction of sp³-hybridized carbons (Fsp3) is 0.533. The van der Waals surface area contributed by atoms with E-state index in [1.807, 2.05) is 13.8 Å². The van der Waals surface area contributed by atoms with Gasteiger partial charge in [-0.05, 0) is 43.9 Å². The summed E-state index contributed by atoms with van der Waals surface area (Å²) in [6, 6.07) is 4.76. The van der Waals surface area contributed by atoms with Crippen LogP contribution in [0.2, 0.25) is 0 Å². The number of rotatable bonds is 4. The summed E-state index contributed by atoms with van der Waals surface area (Å²) in [6.45, 7) is 3.95. The van der Waals surface area contributed by atoms with Gasteiger partial charge >= 0.3 is 0 Å². The van der Waals surface area contributed by atoms with Crippen LogP contribution in [-0.4, -0.2) is 22.2 Å². The van der Waals surface area contributed by atoms with Crippen molar-refractivity contribution >= 4 is 5.91 Å². The molecule has 1 atom stereocenters. The highest BCUT2D eigenvalue weighted by atomic mass is 16.3. The lowest BCUT2D eigenvalue weighted by Crippen LogP contribution is -2.47. The van der Waals surface area contributed by atoms with E-state index in [2.05, 4.69) is 5.32 Å². The number of benzene rings is 1. The molecule has 4 nitrogen and oxygen atoms in total. The molecule has 1 amide bonds. The molecule has 1 saturated carbocycles. The van der Waals surface area contributed by atoms with Crippen LogP contribution < -0.4 is 5.32 Å². The van der Waals surface area contributed by atoms with E-state index in [-0.39, 0.29) is 28.9 Å². The molecule has 2 rings (SSSR count). The van der Waals surface area contributed by atoms with Gasteiger partial charge in [0.1, 0.15) is 0 Å². The third-order valence-corrected chi connectivity index (χ3v) is 3.96. The van der Waals surface area contributed by atoms with E-state index in [1.54, 1.807) is 6.07 Å². The van der Waals surface area contributed by atoms with Crippen molar-refractivity contribution in [3.8, 4) is 11.5 Å². The number of carbonyl (C=O) groups is 1. The zero-order valence-electron chi connectivity index (χ0n) is 11.4. The number of aromatic hydroxyl groups is 2. The Morgan fingerprint density at radius 1 is 1.37 bits per heavy atom. The van der Waals surface area contributed by atoms with Crippen molar-refractivity contribution in [2.75, 3.05) is 0 Å². The van der Waals surface area contributed by atoms with Crippen molar-refractivity contribution in [3.63, 3.8) is 0 Å². The van der Waals surface area contributed by atoms with Gasteiger partial charge in [0.25, 0.3) is 0 Å². The van der Waals surface area contributed by atoms with E-state index >= 15 is 0 Å². The monoisotopic (exact) mass is 263 g/mol. The van der Waals surface area contributed by atoms with Crippen molar-refractivity contribution in [2.24, 2.45) is 5.41 Å². The van der Waals surface area contributed by atoms with Crippen molar-refractivity contribution in [1.82, 2.24) is 5.32 Å². The number of hydrogen-bond acceptors (Lipinski definition) is 3. The Hall–Kier alpha value is -1.71. The summed E-state index contributed by atoms with van der Waals surface area (Å²) in [5.74, 6) is -0.126. The second kappa shape index (κ2) is 5.11. The number of phenolic OH excluding ortho intramolecular Hbond substituents is 2. The van der Waals surface area contributed by atoms with E-state index in [1.165, 1.54) is 12.1 Å². The highest BCUT2D eigenvalue weighted by Gasteiger charge is 2.39. The minimum absolute atomic E-state index is 0.00821. The van der Waals surface area contributed by atoms with Gasteiger partial charge in [0, 0.05) is 11.5 Å². The molecule has 0 heterocycles. The smallest absolute Gasteiger partial charge is 0.226 e. The molecule has 1 aliphatic rings. The molecule has 4 heteroatoms. The van der Waals surface area contributed by atoms with Crippen LogP contribution in [0.4, 0.5) is 0 Å². The van der Waals surface area contributed by atoms with Crippen molar-refractivity contribution in [1.29, 1.82) is 0 Å². The van der Waals surface area contributed by atoms with Gasteiger partial charge in [-0.3, -0.25) is 4.79 Å². The van der Waals surface area contributed by atoms with Crippen LogP contribution in [-0.2, 0) is 11.2 Å². The predicted molar refractivity (Wildman–Crippen MR) is 73.0 cm³/mol. The van der Waals surface area contributed by atoms with Crippen LogP contribution in [0.15, 0.2) is 18.2 Å². The minimum Gasteiger partial charge on any atom is -0.504 e. The lowest BCUT2D eigenvalue weighted by Gasteiger charge is -2.37. The van der Waals surface area contributed by atoms with Crippen molar-refractivity contribution in [3.05, 3.63) is 23.8 Å². The zero-order valence-corrected chi connectivity index (χ0v) is 11.4. The quantitative estimate of drug-likeness (QED) is 0.730. The van der Waals surface area contributed by atoms with Gasteiger partial charge in [-0.1, -0.05) is 19.4 Å². The SMILES string of the molecule is C[C@@H](Cc1ccc(O)c(O)c1)NC(=O)C1(C)CCC1. The molecule has 3 N–H and O–H groups in total. The summed E-state index contributed by atoms with van der Waals surface area (Å²) >= 11 is 0. The van der Waals surface area contributed by atoms with Crippen LogP contribution in [0, 0.1) is 5.41 Å². The molecule has 1 aliphatic carbocycles. The maximum Gasteiger partial charge on any atom is 0.226 e. The minimum atomic E-state index is -0.189. The molecule has 1 fully saturated rings. The van der Waals surface area contributed by atoms with Crippen molar-refractivity contribution < 1.29 is 15.0 Å². The third kappa shape index (κ3) is 3.00. The van der Waals surface area contributed by atoms with Gasteiger partial charge in [0.2, 0.25) is 5.91 Å². The number of nitrogens with one attached hydrogen (secondary N) is 1. The Labute approximate surface area is 113 Å². The Kier molecular flexibility index (Phi) is 3.69. The standard InChI is InChI=1S/C15H21NO3/c1-10(16-14(19)15(2)6-3-7-15)8-11-4-5-12(17)13(18)9-11/h4-5,9-10,17-18H,3,6-8H2,1-2H3,(H,16,19)/t10-/m0/s1. The van der Waals surface area contributed by atoms with E-state index < -0.39 is 0 Å². The Balaban J connectivity index is 1.91. The van der Waals surface area contributed by atoms with Gasteiger partial charge in [-0.15, -0.1) is 0 Å². The Morgan fingerprint density at radius 2 is 2.05 bits per heavy atom. The van der Waals surface area contributed by atoms with Crippen LogP contribution in [0.5, 0.6) is 11.5 Å². The molecule has 104 valence electrons. The topological polar surface area (TPSA) is 69.6 Å². The molecule has 0 aliphatic heterocycles. The molecule has 1 aromatic carbocycles. The molecule has 0 radical (unpaired) electrons. The van der Waals surface area contributed by atoms with Gasteiger partial charge in [0.15, 0.2) is 11.5 Å². The van der Waals surface area contributed by atoms with E-state index in [0.717, 1.165) is 24.8 Å². The first-order valence-electron chi connectivity index (χ1n) is 6.72. The lowest BCUT2D eigenvalue weighted by atomic mass is 9.69. The molecule has 19 heavy (non-hydrogen) atoms. The molecule has 0 saturated heterocycles. The maximum atomic E-state index is 12.1. The Morgan fingerprint density at radius 3 is 2.58 bits per heavy atom. The number of amides is 1. The fourth-order valence-corrected chi connectivity index (χ4v) is 2.43. The summed E-state index contributed by atoms with van der Waals surface area (Å²) in [7, 11) is 0. The van der Waals surface area contributed by atoms with Gasteiger partial charge < -0.3 is 15.5 Å². The second-order valence-electron chi connectivity index (χ2n) is 5.82. The molecule has 0 unspecified atom stereocenters. The first kappa shape index (κ1) is 13.7. The fourth-order valence-electron chi connectivity index (χ4n) is 2.43. The van der Waals surface area contributed by atoms with Gasteiger partial charge in [-0.25, -0.2) is 0 Å². The molecule has 0 spiro atoms. The van der Waals surface area contributed by atoms with Crippen LogP contribution in [0.3, 0.4) is 0 Å². The highest BCUT2D eigenvalue weighted by Crippen LogP contribution is 2.40. The van der Waals surface area contributed by atoms with E-state index in [9.17, 15) is 15.0 Å². The number of phenols is 2. The molecular weight excluding hydrogens is 242 g/mol. The predicted octanol–water partition coefficient (Wildman–Crippen LogP) is 2.34. The first-order chi connectivity index (χ1) is 8.90. The average Bonchev–Trinajstić information content (AvgIpc) is 2.30. The second-order valence-corrected chi connectivity index (χ2v) is 5.82. The molecule has 1 aromatic rings. The van der Waals surface area contributed by atoms with Gasteiger partial charge in [0.05, 0.1) is 0 Å². The van der Waals surface area contributed by atoms with E-state index in [0.29, 0.717) is 6.42 Å². The van der Waals surface area contributed by atoms with Crippen LogP contribution >= 0.6 is 0 Å². The largest absolute Gasteiger partial charge is 0.504 e. The Bertz CT molecular complexity index is 480. The lowest BCUT2D eigenvalue weighted by molar-refractivity contribution is -0.135. The molecule has 0 aromatic heterocycles. The highest BCUT2D eigenvalue weighted by molar-refractivity contribution is 5.83. The summed E-state index contributed by atoms with van der Waals surface area (Å²) < 4.78 is 0. The molecule has 0 bridgehead atoms. The van der Waals surface area contributed by atoms with E-state index in [4.69, 9.17) is 0 Å². The van der Waals surface area contributed by atoms with Crippen LogP contribution in [0.25, 0.3) is 0 Å². The summed E-state index contributed by atoms with van der Waals surface area (Å²) in [4.78, 5) is 12.1. The zero-order chi connectivity index (χ0) is 14.0. The summed E-state index contributed by atoms with van der Waals surface area (Å²) in [5.41, 5.74) is 0.701. The first-order valence-corrected chi connectivity index (χ1v) is 6.72. The number of carbonyl (C=O) groups excluding carboxylic acids is 1. The van der Waals surface area contributed by atoms with Crippen LogP contribution in [0.1, 0.15) is 38.7 Å². The normalized spacial score (nSPS) is 18.4. The summed E-state index contributed by atoms with van der Waals surface area (Å²) in [5, 5.41) is 21.7. The maximum absolute atomic E-state index is 12.1. The third-order valence-electron chi connectivity index (χ3n) is 3.96.